The van der Waals surface area contributed by atoms with E-state index in [4.69, 9.17) is 9.47 Å². The molecule has 32 heavy (non-hydrogen) atoms. The van der Waals surface area contributed by atoms with Crippen molar-refractivity contribution in [3.05, 3.63) is 78.4 Å². The zero-order valence-corrected chi connectivity index (χ0v) is 17.5. The first-order valence-corrected chi connectivity index (χ1v) is 10.3. The van der Waals surface area contributed by atoms with Gasteiger partial charge in [-0.25, -0.2) is 4.98 Å². The van der Waals surface area contributed by atoms with E-state index in [0.29, 0.717) is 24.6 Å². The third-order valence-electron chi connectivity index (χ3n) is 5.21. The Morgan fingerprint density at radius 3 is 2.59 bits per heavy atom. The Kier molecular flexibility index (Phi) is 5.31. The summed E-state index contributed by atoms with van der Waals surface area (Å²) in [5, 5.41) is 3.97. The summed E-state index contributed by atoms with van der Waals surface area (Å²) in [6.07, 6.45) is 0. The van der Waals surface area contributed by atoms with Crippen molar-refractivity contribution in [3.63, 3.8) is 0 Å². The smallest absolute Gasteiger partial charge is 0.256 e. The number of aromatic amines is 2. The van der Waals surface area contributed by atoms with Crippen molar-refractivity contribution in [1.82, 2.24) is 15.0 Å². The number of anilines is 1. The fourth-order valence-electron chi connectivity index (χ4n) is 3.57. The lowest BCUT2D eigenvalue weighted by molar-refractivity contribution is 0.102. The lowest BCUT2D eigenvalue weighted by Gasteiger charge is -2.04. The number of hydrogen-bond acceptors (Lipinski definition) is 4. The molecule has 0 atom stereocenters. The highest BCUT2D eigenvalue weighted by Gasteiger charge is 2.11. The largest absolute Gasteiger partial charge is 0.491 e. The van der Waals surface area contributed by atoms with E-state index in [1.165, 1.54) is 0 Å². The minimum atomic E-state index is -0.175. The Balaban J connectivity index is 1.31. The number of ether oxygens (including phenoxy) is 2. The van der Waals surface area contributed by atoms with Gasteiger partial charge in [0.15, 0.2) is 0 Å². The van der Waals surface area contributed by atoms with Gasteiger partial charge in [-0.15, -0.1) is 0 Å². The first-order chi connectivity index (χ1) is 15.7. The van der Waals surface area contributed by atoms with Crippen LogP contribution < -0.4 is 10.1 Å². The molecule has 0 aliphatic heterocycles. The number of carbonyl (C=O) groups is 1. The van der Waals surface area contributed by atoms with E-state index in [1.54, 1.807) is 19.2 Å². The lowest BCUT2D eigenvalue weighted by atomic mass is 10.1. The summed E-state index contributed by atoms with van der Waals surface area (Å²) in [7, 11) is 1.64. The topological polar surface area (TPSA) is 92.0 Å². The van der Waals surface area contributed by atoms with Crippen LogP contribution >= 0.6 is 0 Å². The van der Waals surface area contributed by atoms with Gasteiger partial charge in [0, 0.05) is 35.2 Å². The molecule has 0 bridgehead atoms. The van der Waals surface area contributed by atoms with Crippen LogP contribution in [0, 0.1) is 0 Å². The third-order valence-corrected chi connectivity index (χ3v) is 5.21. The average molecular weight is 426 g/mol. The van der Waals surface area contributed by atoms with E-state index in [0.717, 1.165) is 39.1 Å². The van der Waals surface area contributed by atoms with Gasteiger partial charge in [0.05, 0.1) is 17.6 Å². The number of rotatable bonds is 7. The summed E-state index contributed by atoms with van der Waals surface area (Å²) in [6, 6.07) is 22.9. The molecule has 5 rings (SSSR count). The van der Waals surface area contributed by atoms with E-state index in [2.05, 4.69) is 20.3 Å². The molecule has 0 fully saturated rings. The molecule has 3 N–H and O–H groups in total. The summed E-state index contributed by atoms with van der Waals surface area (Å²) < 4.78 is 10.7. The Labute approximate surface area is 184 Å². The molecule has 7 nitrogen and oxygen atoms in total. The van der Waals surface area contributed by atoms with E-state index >= 15 is 0 Å². The highest BCUT2D eigenvalue weighted by molar-refractivity contribution is 6.05. The predicted molar refractivity (Wildman–Crippen MR) is 125 cm³/mol. The molecule has 0 radical (unpaired) electrons. The maximum Gasteiger partial charge on any atom is 0.256 e. The molecule has 0 spiro atoms. The van der Waals surface area contributed by atoms with Crippen LogP contribution in [-0.2, 0) is 4.74 Å². The first kappa shape index (κ1) is 19.8. The summed E-state index contributed by atoms with van der Waals surface area (Å²) >= 11 is 0. The zero-order chi connectivity index (χ0) is 21.9. The van der Waals surface area contributed by atoms with E-state index in [9.17, 15) is 4.79 Å². The van der Waals surface area contributed by atoms with Crippen LogP contribution in [0.4, 0.5) is 5.82 Å². The van der Waals surface area contributed by atoms with Crippen molar-refractivity contribution in [2.45, 2.75) is 0 Å². The van der Waals surface area contributed by atoms with Gasteiger partial charge >= 0.3 is 0 Å². The van der Waals surface area contributed by atoms with Crippen LogP contribution in [0.25, 0.3) is 33.3 Å². The van der Waals surface area contributed by atoms with Gasteiger partial charge in [0.1, 0.15) is 24.0 Å². The molecule has 1 amide bonds. The molecule has 2 aromatic heterocycles. The normalized spacial score (nSPS) is 11.2. The number of imidazole rings is 1. The molecule has 7 heteroatoms. The Hall–Kier alpha value is -4.10. The summed E-state index contributed by atoms with van der Waals surface area (Å²) in [5.41, 5.74) is 4.17. The second-order valence-electron chi connectivity index (χ2n) is 7.41. The average Bonchev–Trinajstić information content (AvgIpc) is 3.42. The number of nitrogens with zero attached hydrogens (tertiary/aromatic N) is 1. The number of para-hydroxylation sites is 1. The number of benzene rings is 3. The maximum atomic E-state index is 12.6. The van der Waals surface area contributed by atoms with Crippen molar-refractivity contribution in [2.75, 3.05) is 25.6 Å². The first-order valence-electron chi connectivity index (χ1n) is 10.3. The number of methoxy groups -OCH3 is 1. The van der Waals surface area contributed by atoms with Crippen molar-refractivity contribution in [3.8, 4) is 17.1 Å². The fraction of sp³-hybridized carbons (Fsp3) is 0.120. The van der Waals surface area contributed by atoms with Crippen molar-refractivity contribution < 1.29 is 14.3 Å². The van der Waals surface area contributed by atoms with Crippen molar-refractivity contribution in [1.29, 1.82) is 0 Å². The summed E-state index contributed by atoms with van der Waals surface area (Å²) in [4.78, 5) is 23.8. The quantitative estimate of drug-likeness (QED) is 0.320. The van der Waals surface area contributed by atoms with Gasteiger partial charge in [-0.2, -0.15) is 0 Å². The number of aromatic nitrogens is 3. The minimum Gasteiger partial charge on any atom is -0.491 e. The maximum absolute atomic E-state index is 12.6. The minimum absolute atomic E-state index is 0.175. The molecular weight excluding hydrogens is 404 g/mol. The second kappa shape index (κ2) is 8.56. The molecule has 0 saturated heterocycles. The third kappa shape index (κ3) is 4.06. The van der Waals surface area contributed by atoms with E-state index in [-0.39, 0.29) is 5.91 Å². The van der Waals surface area contributed by atoms with E-state index < -0.39 is 0 Å². The molecule has 3 aromatic carbocycles. The summed E-state index contributed by atoms with van der Waals surface area (Å²) in [5.74, 6) is 1.98. The van der Waals surface area contributed by atoms with Gasteiger partial charge in [-0.1, -0.05) is 30.3 Å². The number of hydrogen-bond donors (Lipinski definition) is 3. The number of amides is 1. The molecule has 0 unspecified atom stereocenters. The van der Waals surface area contributed by atoms with Crippen LogP contribution in [0.5, 0.6) is 5.75 Å². The number of H-pyrrole nitrogens is 2. The number of nitrogens with one attached hydrogen (secondary N) is 3. The van der Waals surface area contributed by atoms with Gasteiger partial charge in [0.25, 0.3) is 5.91 Å². The van der Waals surface area contributed by atoms with Crippen LogP contribution in [0.1, 0.15) is 10.4 Å². The molecule has 2 heterocycles. The Bertz CT molecular complexity index is 1350. The lowest BCUT2D eigenvalue weighted by Crippen LogP contribution is -2.11. The van der Waals surface area contributed by atoms with Gasteiger partial charge < -0.3 is 24.8 Å². The van der Waals surface area contributed by atoms with Gasteiger partial charge in [-0.3, -0.25) is 4.79 Å². The Morgan fingerprint density at radius 2 is 1.78 bits per heavy atom. The number of fused-ring (bicyclic) bond motifs is 2. The highest BCUT2D eigenvalue weighted by atomic mass is 16.5. The highest BCUT2D eigenvalue weighted by Crippen LogP contribution is 2.25. The second-order valence-corrected chi connectivity index (χ2v) is 7.41. The standard InChI is InChI=1S/C25H22N4O3/c1-31-12-13-32-19-10-11-21-22(15-19)28-24(27-21)16-6-8-17(9-7-16)25(30)29-23-14-18-4-2-3-5-20(18)26-23/h2-11,14-15,26H,12-13H2,1H3,(H,27,28)(H,29,30). The molecule has 0 aliphatic rings. The van der Waals surface area contributed by atoms with Crippen LogP contribution in [0.15, 0.2) is 72.8 Å². The van der Waals surface area contributed by atoms with Crippen LogP contribution in [0.2, 0.25) is 0 Å². The van der Waals surface area contributed by atoms with Gasteiger partial charge in [0.2, 0.25) is 0 Å². The van der Waals surface area contributed by atoms with Crippen molar-refractivity contribution >= 4 is 33.7 Å². The molecule has 5 aromatic rings. The van der Waals surface area contributed by atoms with Crippen LogP contribution in [0.3, 0.4) is 0 Å². The van der Waals surface area contributed by atoms with Crippen LogP contribution in [-0.4, -0.2) is 41.2 Å². The molecule has 0 aliphatic carbocycles. The monoisotopic (exact) mass is 426 g/mol. The van der Waals surface area contributed by atoms with Crippen molar-refractivity contribution in [2.24, 2.45) is 0 Å². The SMILES string of the molecule is COCCOc1ccc2nc(-c3ccc(C(=O)Nc4cc5ccccc5[nH]4)cc3)[nH]c2c1. The Morgan fingerprint density at radius 1 is 0.938 bits per heavy atom. The van der Waals surface area contributed by atoms with E-state index in [1.807, 2.05) is 60.7 Å². The number of carbonyl (C=O) groups excluding carboxylic acids is 1. The summed E-state index contributed by atoms with van der Waals surface area (Å²) in [6.45, 7) is 1.03. The van der Waals surface area contributed by atoms with Gasteiger partial charge in [-0.05, 0) is 36.4 Å². The fourth-order valence-corrected chi connectivity index (χ4v) is 3.57. The zero-order valence-electron chi connectivity index (χ0n) is 17.5. The molecule has 160 valence electrons. The molecular formula is C25H22N4O3. The predicted octanol–water partition coefficient (Wildman–Crippen LogP) is 4.99. The molecule has 0 saturated carbocycles.